The Morgan fingerprint density at radius 3 is 2.29 bits per heavy atom. The van der Waals surface area contributed by atoms with Crippen molar-refractivity contribution >= 4 is 21.9 Å². The fourth-order valence-electron chi connectivity index (χ4n) is 7.03. The summed E-state index contributed by atoms with van der Waals surface area (Å²) < 4.78 is 41.0. The van der Waals surface area contributed by atoms with E-state index in [0.717, 1.165) is 54.9 Å². The Morgan fingerprint density at radius 2 is 1.67 bits per heavy atom. The Hall–Kier alpha value is -3.54. The lowest BCUT2D eigenvalue weighted by Crippen LogP contribution is -2.42. The zero-order valence-corrected chi connectivity index (χ0v) is 27.4. The second kappa shape index (κ2) is 13.8. The van der Waals surface area contributed by atoms with Crippen molar-refractivity contribution in [3.05, 3.63) is 65.2 Å². The molecule has 5 atom stereocenters. The van der Waals surface area contributed by atoms with Crippen LogP contribution in [0.2, 0.25) is 0 Å². The Labute approximate surface area is 266 Å². The molecule has 3 N–H and O–H groups in total. The lowest BCUT2D eigenvalue weighted by Gasteiger charge is -2.25. The molecule has 0 spiro atoms. The Bertz CT molecular complexity index is 1590. The van der Waals surface area contributed by atoms with E-state index in [4.69, 9.17) is 9.47 Å². The number of ether oxygens (including phenoxy) is 2. The van der Waals surface area contributed by atoms with Crippen LogP contribution in [0.5, 0.6) is 5.88 Å². The molecule has 11 heteroatoms. The molecule has 0 saturated heterocycles. The van der Waals surface area contributed by atoms with Crippen LogP contribution in [0.15, 0.2) is 53.4 Å². The molecule has 242 valence electrons. The van der Waals surface area contributed by atoms with Gasteiger partial charge in [-0.2, -0.15) is 4.98 Å². The maximum absolute atomic E-state index is 13.3. The fourth-order valence-corrected chi connectivity index (χ4v) is 8.02. The monoisotopic (exact) mass is 636 g/mol. The minimum absolute atomic E-state index is 0.0876. The van der Waals surface area contributed by atoms with Gasteiger partial charge in [-0.05, 0) is 93.0 Å². The van der Waals surface area contributed by atoms with Crippen molar-refractivity contribution < 1.29 is 27.8 Å². The average molecular weight is 637 g/mol. The van der Waals surface area contributed by atoms with Crippen LogP contribution >= 0.6 is 0 Å². The average Bonchev–Trinajstić information content (AvgIpc) is 3.54. The number of aryl methyl sites for hydroxylation is 2. The number of nitrogens with zero attached hydrogens (tertiary/aromatic N) is 2. The molecule has 0 radical (unpaired) electrons. The first-order chi connectivity index (χ1) is 21.4. The topological polar surface area (TPSA) is 140 Å². The molecule has 0 amide bonds. The number of rotatable bonds is 13. The number of carbonyl (C=O) groups is 1. The summed E-state index contributed by atoms with van der Waals surface area (Å²) in [5, 5.41) is 13.2. The van der Waals surface area contributed by atoms with E-state index in [9.17, 15) is 18.3 Å². The lowest BCUT2D eigenvalue weighted by atomic mass is 10.00. The number of carboxylic acids is 1. The molecular weight excluding hydrogens is 592 g/mol. The number of fused-ring (bicyclic) bond motifs is 1. The van der Waals surface area contributed by atoms with E-state index in [1.807, 2.05) is 39.2 Å². The minimum Gasteiger partial charge on any atom is -0.478 e. The summed E-state index contributed by atoms with van der Waals surface area (Å²) >= 11 is 0. The van der Waals surface area contributed by atoms with Gasteiger partial charge >= 0.3 is 5.97 Å². The SMILES string of the molecule is COC1C[C@H]2CC(N[C@@H](COc3cc(-c4c(C)cccc4C)nc(NS(=O)(=O)c4cccc(C(=O)O)c4)n3)CC(C)C)C[C@H]2C1. The van der Waals surface area contributed by atoms with E-state index in [1.54, 1.807) is 6.07 Å². The normalized spacial score (nSPS) is 21.9. The van der Waals surface area contributed by atoms with Crippen molar-refractivity contribution in [2.75, 3.05) is 18.4 Å². The molecule has 2 aliphatic rings. The number of aromatic nitrogens is 2. The number of carboxylic acid groups (broad SMARTS) is 1. The molecule has 1 heterocycles. The standard InChI is InChI=1S/C34H44N4O6S/c1-20(2)12-27(35-26-13-24-15-28(43-5)16-25(24)14-26)19-44-31-18-30(32-21(3)8-6-9-22(32)4)36-34(37-31)38-45(41,42)29-11-7-10-23(17-29)33(39)40/h6-11,17-18,20,24-28,35H,12-16,19H2,1-5H3,(H,39,40)(H,36,37,38)/t24-,25+,26?,27-,28?/m1/s1. The van der Waals surface area contributed by atoms with Crippen molar-refractivity contribution in [3.8, 4) is 17.1 Å². The van der Waals surface area contributed by atoms with Crippen LogP contribution < -0.4 is 14.8 Å². The zero-order valence-electron chi connectivity index (χ0n) is 26.6. The van der Waals surface area contributed by atoms with Gasteiger partial charge in [0, 0.05) is 30.8 Å². The maximum Gasteiger partial charge on any atom is 0.335 e. The lowest BCUT2D eigenvalue weighted by molar-refractivity contribution is 0.0696. The zero-order chi connectivity index (χ0) is 32.3. The van der Waals surface area contributed by atoms with Crippen molar-refractivity contribution in [2.45, 2.75) is 82.9 Å². The van der Waals surface area contributed by atoms with Crippen LogP contribution in [0.4, 0.5) is 5.95 Å². The first kappa shape index (κ1) is 32.8. The highest BCUT2D eigenvalue weighted by molar-refractivity contribution is 7.92. The number of anilines is 1. The molecule has 2 saturated carbocycles. The molecule has 5 rings (SSSR count). The van der Waals surface area contributed by atoms with Crippen molar-refractivity contribution in [3.63, 3.8) is 0 Å². The van der Waals surface area contributed by atoms with Crippen LogP contribution in [0.25, 0.3) is 11.3 Å². The number of benzene rings is 2. The molecule has 0 bridgehead atoms. The summed E-state index contributed by atoms with van der Waals surface area (Å²) in [6, 6.07) is 13.3. The highest BCUT2D eigenvalue weighted by Crippen LogP contribution is 2.45. The number of hydrogen-bond donors (Lipinski definition) is 3. The van der Waals surface area contributed by atoms with E-state index in [2.05, 4.69) is 33.9 Å². The van der Waals surface area contributed by atoms with Crippen molar-refractivity contribution in [1.29, 1.82) is 0 Å². The third-order valence-electron chi connectivity index (χ3n) is 9.02. The third kappa shape index (κ3) is 8.01. The molecule has 3 aromatic rings. The highest BCUT2D eigenvalue weighted by atomic mass is 32.2. The van der Waals surface area contributed by atoms with E-state index in [1.165, 1.54) is 18.2 Å². The van der Waals surface area contributed by atoms with Gasteiger partial charge in [-0.1, -0.05) is 38.1 Å². The number of sulfonamides is 1. The van der Waals surface area contributed by atoms with Crippen LogP contribution in [0.3, 0.4) is 0 Å². The fraction of sp³-hybridized carbons (Fsp3) is 0.500. The molecule has 10 nitrogen and oxygen atoms in total. The van der Waals surface area contributed by atoms with Gasteiger partial charge in [-0.15, -0.1) is 0 Å². The molecule has 45 heavy (non-hydrogen) atoms. The Morgan fingerprint density at radius 1 is 1.00 bits per heavy atom. The maximum atomic E-state index is 13.3. The summed E-state index contributed by atoms with van der Waals surface area (Å²) in [5.74, 6) is 0.713. The number of nitrogens with one attached hydrogen (secondary N) is 2. The molecule has 2 aliphatic carbocycles. The van der Waals surface area contributed by atoms with Crippen LogP contribution in [0.1, 0.15) is 67.4 Å². The summed E-state index contributed by atoms with van der Waals surface area (Å²) in [4.78, 5) is 20.3. The first-order valence-corrected chi connectivity index (χ1v) is 17.1. The van der Waals surface area contributed by atoms with Gasteiger partial charge in [0.25, 0.3) is 10.0 Å². The first-order valence-electron chi connectivity index (χ1n) is 15.6. The molecule has 2 unspecified atom stereocenters. The smallest absolute Gasteiger partial charge is 0.335 e. The summed E-state index contributed by atoms with van der Waals surface area (Å²) in [6.45, 7) is 8.69. The molecule has 2 aromatic carbocycles. The molecular formula is C34H44N4O6S. The largest absolute Gasteiger partial charge is 0.478 e. The molecule has 2 fully saturated rings. The van der Waals surface area contributed by atoms with Crippen molar-refractivity contribution in [2.24, 2.45) is 17.8 Å². The summed E-state index contributed by atoms with van der Waals surface area (Å²) in [6.07, 6.45) is 5.84. The van der Waals surface area contributed by atoms with Gasteiger partial charge in [0.1, 0.15) is 6.61 Å². The van der Waals surface area contributed by atoms with Crippen LogP contribution in [-0.4, -0.2) is 61.4 Å². The van der Waals surface area contributed by atoms with E-state index >= 15 is 0 Å². The van der Waals surface area contributed by atoms with Crippen molar-refractivity contribution in [1.82, 2.24) is 15.3 Å². The van der Waals surface area contributed by atoms with Crippen LogP contribution in [0, 0.1) is 31.6 Å². The Kier molecular flexibility index (Phi) is 10.1. The van der Waals surface area contributed by atoms with E-state index in [0.29, 0.717) is 42.2 Å². The van der Waals surface area contributed by atoms with Gasteiger partial charge < -0.3 is 19.9 Å². The molecule has 1 aromatic heterocycles. The Balaban J connectivity index is 1.39. The number of aromatic carboxylic acids is 1. The van der Waals surface area contributed by atoms with Gasteiger partial charge in [0.05, 0.1) is 22.3 Å². The van der Waals surface area contributed by atoms with Crippen LogP contribution in [-0.2, 0) is 14.8 Å². The second-order valence-corrected chi connectivity index (χ2v) is 14.6. The quantitative estimate of drug-likeness (QED) is 0.211. The van der Waals surface area contributed by atoms with Gasteiger partial charge in [-0.25, -0.2) is 22.9 Å². The second-order valence-electron chi connectivity index (χ2n) is 12.9. The summed E-state index contributed by atoms with van der Waals surface area (Å²) in [5.41, 5.74) is 3.20. The summed E-state index contributed by atoms with van der Waals surface area (Å²) in [7, 11) is -2.39. The van der Waals surface area contributed by atoms with E-state index in [-0.39, 0.29) is 28.3 Å². The number of hydrogen-bond acceptors (Lipinski definition) is 8. The minimum atomic E-state index is -4.20. The van der Waals surface area contributed by atoms with Gasteiger partial charge in [-0.3, -0.25) is 0 Å². The molecule has 0 aliphatic heterocycles. The van der Waals surface area contributed by atoms with E-state index < -0.39 is 16.0 Å². The predicted octanol–water partition coefficient (Wildman–Crippen LogP) is 5.85. The number of methoxy groups -OCH3 is 1. The van der Waals surface area contributed by atoms with Gasteiger partial charge in [0.2, 0.25) is 11.8 Å². The highest BCUT2D eigenvalue weighted by Gasteiger charge is 2.42. The predicted molar refractivity (Wildman–Crippen MR) is 173 cm³/mol. The van der Waals surface area contributed by atoms with Gasteiger partial charge in [0.15, 0.2) is 0 Å². The third-order valence-corrected chi connectivity index (χ3v) is 10.3.